The van der Waals surface area contributed by atoms with Gasteiger partial charge in [-0.15, -0.1) is 0 Å². The molecule has 0 amide bonds. The molecule has 0 aliphatic carbocycles. The molecule has 23 heavy (non-hydrogen) atoms. The molecule has 2 N–H and O–H groups in total. The molecule has 0 saturated heterocycles. The third kappa shape index (κ3) is 4.56. The van der Waals surface area contributed by atoms with Gasteiger partial charge in [-0.25, -0.2) is 8.42 Å². The Morgan fingerprint density at radius 1 is 1.26 bits per heavy atom. The fourth-order valence-electron chi connectivity index (χ4n) is 2.19. The fourth-order valence-corrected chi connectivity index (χ4v) is 2.83. The van der Waals surface area contributed by atoms with E-state index in [1.807, 2.05) is 37.0 Å². The number of hydrogen-bond acceptors (Lipinski definition) is 4. The van der Waals surface area contributed by atoms with Crippen LogP contribution in [0.1, 0.15) is 36.7 Å². The molecule has 0 spiro atoms. The van der Waals surface area contributed by atoms with Gasteiger partial charge in [0.05, 0.1) is 11.9 Å². The second kappa shape index (κ2) is 7.14. The highest BCUT2D eigenvalue weighted by atomic mass is 32.2. The topological polar surface area (TPSA) is 76.0 Å². The molecular weight excluding hydrogens is 312 g/mol. The summed E-state index contributed by atoms with van der Waals surface area (Å²) in [6.45, 7) is 6.48. The molecule has 0 bridgehead atoms. The molecule has 126 valence electrons. The van der Waals surface area contributed by atoms with Gasteiger partial charge in [0.25, 0.3) is 0 Å². The van der Waals surface area contributed by atoms with E-state index in [4.69, 9.17) is 0 Å². The second-order valence-electron chi connectivity index (χ2n) is 5.61. The van der Waals surface area contributed by atoms with Crippen LogP contribution in [0.4, 0.5) is 5.69 Å². The Morgan fingerprint density at radius 3 is 2.43 bits per heavy atom. The molecular formula is C16H24N4O2S. The molecule has 1 atom stereocenters. The van der Waals surface area contributed by atoms with Crippen molar-refractivity contribution in [3.8, 4) is 0 Å². The van der Waals surface area contributed by atoms with Crippen molar-refractivity contribution in [3.63, 3.8) is 0 Å². The van der Waals surface area contributed by atoms with Crippen molar-refractivity contribution in [3.05, 3.63) is 47.3 Å². The zero-order chi connectivity index (χ0) is 17.0. The predicted molar refractivity (Wildman–Crippen MR) is 92.7 cm³/mol. The van der Waals surface area contributed by atoms with Gasteiger partial charge in [-0.3, -0.25) is 9.40 Å². The Bertz CT molecular complexity index is 751. The number of sulfonamides is 1. The van der Waals surface area contributed by atoms with Crippen molar-refractivity contribution in [1.29, 1.82) is 0 Å². The summed E-state index contributed by atoms with van der Waals surface area (Å²) < 4.78 is 27.5. The molecule has 6 nitrogen and oxygen atoms in total. The minimum absolute atomic E-state index is 0.0666. The highest BCUT2D eigenvalue weighted by Gasteiger charge is 2.10. The molecule has 0 fully saturated rings. The van der Waals surface area contributed by atoms with Crippen LogP contribution in [0.25, 0.3) is 0 Å². The Labute approximate surface area is 138 Å². The minimum atomic E-state index is -3.23. The van der Waals surface area contributed by atoms with Crippen LogP contribution in [0.2, 0.25) is 0 Å². The van der Waals surface area contributed by atoms with Gasteiger partial charge in [0.15, 0.2) is 0 Å². The van der Waals surface area contributed by atoms with Gasteiger partial charge in [-0.05, 0) is 38.5 Å². The van der Waals surface area contributed by atoms with Gasteiger partial charge >= 0.3 is 0 Å². The minimum Gasteiger partial charge on any atom is -0.306 e. The van der Waals surface area contributed by atoms with E-state index in [1.165, 1.54) is 5.56 Å². The van der Waals surface area contributed by atoms with Gasteiger partial charge in [0, 0.05) is 36.6 Å². The summed E-state index contributed by atoms with van der Waals surface area (Å²) in [5.41, 5.74) is 4.01. The van der Waals surface area contributed by atoms with E-state index in [1.54, 1.807) is 19.1 Å². The van der Waals surface area contributed by atoms with Gasteiger partial charge in [-0.2, -0.15) is 5.10 Å². The SMILES string of the molecule is CCS(=O)(=O)Nc1ccc([C@@H](C)NCc2cnn(C)c2C)cc1. The van der Waals surface area contributed by atoms with Gasteiger partial charge < -0.3 is 5.32 Å². The zero-order valence-electron chi connectivity index (χ0n) is 14.0. The third-order valence-electron chi connectivity index (χ3n) is 4.00. The summed E-state index contributed by atoms with van der Waals surface area (Å²) in [6.07, 6.45) is 1.87. The summed E-state index contributed by atoms with van der Waals surface area (Å²) in [5.74, 6) is 0.0666. The Balaban J connectivity index is 1.97. The average Bonchev–Trinajstić information content (AvgIpc) is 2.84. The zero-order valence-corrected chi connectivity index (χ0v) is 14.8. The van der Waals surface area contributed by atoms with Gasteiger partial charge in [-0.1, -0.05) is 12.1 Å². The molecule has 0 saturated carbocycles. The number of nitrogens with zero attached hydrogens (tertiary/aromatic N) is 2. The maximum atomic E-state index is 11.5. The lowest BCUT2D eigenvalue weighted by Gasteiger charge is -2.15. The first kappa shape index (κ1) is 17.5. The first-order valence-electron chi connectivity index (χ1n) is 7.63. The van der Waals surface area contributed by atoms with E-state index < -0.39 is 10.0 Å². The van der Waals surface area contributed by atoms with Crippen LogP contribution in [-0.2, 0) is 23.6 Å². The van der Waals surface area contributed by atoms with Crippen molar-refractivity contribution in [2.75, 3.05) is 10.5 Å². The van der Waals surface area contributed by atoms with E-state index in [-0.39, 0.29) is 11.8 Å². The average molecular weight is 336 g/mol. The van der Waals surface area contributed by atoms with E-state index in [9.17, 15) is 8.42 Å². The number of aromatic nitrogens is 2. The largest absolute Gasteiger partial charge is 0.306 e. The van der Waals surface area contributed by atoms with E-state index >= 15 is 0 Å². The normalized spacial score (nSPS) is 13.0. The monoisotopic (exact) mass is 336 g/mol. The molecule has 2 aromatic rings. The molecule has 0 aliphatic heterocycles. The highest BCUT2D eigenvalue weighted by Crippen LogP contribution is 2.18. The summed E-state index contributed by atoms with van der Waals surface area (Å²) in [7, 11) is -1.30. The van der Waals surface area contributed by atoms with E-state index in [2.05, 4.69) is 22.1 Å². The summed E-state index contributed by atoms with van der Waals surface area (Å²) in [5, 5.41) is 7.69. The van der Waals surface area contributed by atoms with Crippen molar-refractivity contribution >= 4 is 15.7 Å². The molecule has 7 heteroatoms. The number of rotatable bonds is 7. The Hall–Kier alpha value is -1.86. The second-order valence-corrected chi connectivity index (χ2v) is 7.62. The summed E-state index contributed by atoms with van der Waals surface area (Å²) in [6, 6.07) is 7.60. The highest BCUT2D eigenvalue weighted by molar-refractivity contribution is 7.92. The molecule has 1 aromatic carbocycles. The fraction of sp³-hybridized carbons (Fsp3) is 0.438. The first-order chi connectivity index (χ1) is 10.8. The molecule has 0 unspecified atom stereocenters. The molecule has 2 rings (SSSR count). The van der Waals surface area contributed by atoms with Crippen molar-refractivity contribution in [1.82, 2.24) is 15.1 Å². The number of nitrogens with one attached hydrogen (secondary N) is 2. The lowest BCUT2D eigenvalue weighted by Crippen LogP contribution is -2.18. The van der Waals surface area contributed by atoms with Crippen molar-refractivity contribution in [2.24, 2.45) is 7.05 Å². The standard InChI is InChI=1S/C16H24N4O2S/c1-5-23(21,22)19-16-8-6-14(7-9-16)12(2)17-10-15-11-18-20(4)13(15)3/h6-9,11-12,17,19H,5,10H2,1-4H3/t12-/m1/s1. The smallest absolute Gasteiger partial charge is 0.232 e. The number of benzene rings is 1. The van der Waals surface area contributed by atoms with Crippen LogP contribution in [0, 0.1) is 6.92 Å². The number of hydrogen-bond donors (Lipinski definition) is 2. The summed E-state index contributed by atoms with van der Waals surface area (Å²) in [4.78, 5) is 0. The first-order valence-corrected chi connectivity index (χ1v) is 9.29. The Morgan fingerprint density at radius 2 is 1.91 bits per heavy atom. The molecule has 0 radical (unpaired) electrons. The molecule has 1 aromatic heterocycles. The lowest BCUT2D eigenvalue weighted by molar-refractivity contribution is 0.572. The number of anilines is 1. The van der Waals surface area contributed by atoms with Crippen LogP contribution in [0.3, 0.4) is 0 Å². The Kier molecular flexibility index (Phi) is 5.43. The maximum Gasteiger partial charge on any atom is 0.232 e. The van der Waals surface area contributed by atoms with Crippen LogP contribution < -0.4 is 10.0 Å². The van der Waals surface area contributed by atoms with Crippen LogP contribution in [0.5, 0.6) is 0 Å². The maximum absolute atomic E-state index is 11.5. The van der Waals surface area contributed by atoms with E-state index in [0.29, 0.717) is 5.69 Å². The lowest BCUT2D eigenvalue weighted by atomic mass is 10.1. The molecule has 0 aliphatic rings. The number of aryl methyl sites for hydroxylation is 1. The van der Waals surface area contributed by atoms with Gasteiger partial charge in [0.2, 0.25) is 10.0 Å². The van der Waals surface area contributed by atoms with Crippen LogP contribution in [0.15, 0.2) is 30.5 Å². The van der Waals surface area contributed by atoms with Gasteiger partial charge in [0.1, 0.15) is 0 Å². The van der Waals surface area contributed by atoms with Crippen molar-refractivity contribution in [2.45, 2.75) is 33.4 Å². The van der Waals surface area contributed by atoms with Crippen LogP contribution in [-0.4, -0.2) is 24.0 Å². The third-order valence-corrected chi connectivity index (χ3v) is 5.31. The van der Waals surface area contributed by atoms with Crippen molar-refractivity contribution < 1.29 is 8.42 Å². The predicted octanol–water partition coefficient (Wildman–Crippen LogP) is 2.34. The quantitative estimate of drug-likeness (QED) is 0.814. The summed E-state index contributed by atoms with van der Waals surface area (Å²) >= 11 is 0. The van der Waals surface area contributed by atoms with Crippen LogP contribution >= 0.6 is 0 Å². The van der Waals surface area contributed by atoms with E-state index in [0.717, 1.165) is 17.8 Å². The molecule has 1 heterocycles.